The molecule has 0 unspecified atom stereocenters. The average molecular weight is 199 g/mol. The van der Waals surface area contributed by atoms with Crippen molar-refractivity contribution in [2.45, 2.75) is 19.1 Å². The first kappa shape index (κ1) is 10.2. The fourth-order valence-corrected chi connectivity index (χ4v) is 1.72. The molecule has 3 nitrogen and oxygen atoms in total. The van der Waals surface area contributed by atoms with Gasteiger partial charge in [-0.25, -0.2) is 4.79 Å². The fourth-order valence-electron chi connectivity index (χ4n) is 0.925. The van der Waals surface area contributed by atoms with Gasteiger partial charge in [0.2, 0.25) is 0 Å². The van der Waals surface area contributed by atoms with Crippen LogP contribution in [0.3, 0.4) is 0 Å². The maximum absolute atomic E-state index is 11.1. The Hall–Kier alpha value is -0.900. The quantitative estimate of drug-likeness (QED) is 0.699. The van der Waals surface area contributed by atoms with Crippen molar-refractivity contribution in [2.75, 3.05) is 7.11 Å². The van der Waals surface area contributed by atoms with Crippen molar-refractivity contribution >= 4 is 17.9 Å². The molecule has 0 amide bonds. The van der Waals surface area contributed by atoms with Crippen molar-refractivity contribution in [3.63, 3.8) is 0 Å². The maximum atomic E-state index is 11.1. The molecule has 0 atom stereocenters. The second-order valence-electron chi connectivity index (χ2n) is 2.91. The Morgan fingerprint density at radius 3 is 2.85 bits per heavy atom. The highest BCUT2D eigenvalue weighted by atomic mass is 32.2. The molecule has 0 bridgehead atoms. The number of hydrogen-bond acceptors (Lipinski definition) is 3. The van der Waals surface area contributed by atoms with E-state index in [1.807, 2.05) is 10.2 Å². The summed E-state index contributed by atoms with van der Waals surface area (Å²) < 4.78 is 6.51. The Bertz CT molecular complexity index is 294. The standard InChI is InChI=1S/C9H13NO2S/c1-7(2)13-10-5-4-8(6-10)9(11)12-3/h4-7H,1-3H3. The number of hydrogen-bond donors (Lipinski definition) is 0. The minimum Gasteiger partial charge on any atom is -0.465 e. The van der Waals surface area contributed by atoms with Crippen LogP contribution in [0.4, 0.5) is 0 Å². The topological polar surface area (TPSA) is 31.2 Å². The largest absolute Gasteiger partial charge is 0.465 e. The number of carbonyl (C=O) groups is 1. The van der Waals surface area contributed by atoms with Gasteiger partial charge in [0.1, 0.15) is 0 Å². The lowest BCUT2D eigenvalue weighted by Crippen LogP contribution is -1.99. The van der Waals surface area contributed by atoms with Gasteiger partial charge in [-0.05, 0) is 18.0 Å². The highest BCUT2D eigenvalue weighted by Gasteiger charge is 2.07. The van der Waals surface area contributed by atoms with Crippen LogP contribution < -0.4 is 0 Å². The molecule has 0 aliphatic rings. The Morgan fingerprint density at radius 2 is 2.31 bits per heavy atom. The molecule has 0 aromatic carbocycles. The van der Waals surface area contributed by atoms with Crippen molar-refractivity contribution in [3.8, 4) is 0 Å². The summed E-state index contributed by atoms with van der Waals surface area (Å²) in [7, 11) is 1.38. The van der Waals surface area contributed by atoms with E-state index in [0.29, 0.717) is 10.8 Å². The predicted octanol–water partition coefficient (Wildman–Crippen LogP) is 2.18. The molecule has 0 spiro atoms. The highest BCUT2D eigenvalue weighted by Crippen LogP contribution is 2.15. The van der Waals surface area contributed by atoms with Gasteiger partial charge in [-0.3, -0.25) is 3.97 Å². The summed E-state index contributed by atoms with van der Waals surface area (Å²) in [4.78, 5) is 11.1. The molecular weight excluding hydrogens is 186 g/mol. The SMILES string of the molecule is COC(=O)c1ccn(SC(C)C)c1. The van der Waals surface area contributed by atoms with Crippen molar-refractivity contribution in [3.05, 3.63) is 24.0 Å². The van der Waals surface area contributed by atoms with E-state index in [1.165, 1.54) is 7.11 Å². The van der Waals surface area contributed by atoms with Gasteiger partial charge in [0.15, 0.2) is 0 Å². The monoisotopic (exact) mass is 199 g/mol. The van der Waals surface area contributed by atoms with E-state index >= 15 is 0 Å². The zero-order valence-electron chi connectivity index (χ0n) is 7.98. The first-order valence-electron chi connectivity index (χ1n) is 4.07. The van der Waals surface area contributed by atoms with Gasteiger partial charge in [0, 0.05) is 17.6 Å². The molecule has 0 aliphatic carbocycles. The molecule has 1 heterocycles. The van der Waals surface area contributed by atoms with Gasteiger partial charge in [-0.2, -0.15) is 0 Å². The van der Waals surface area contributed by atoms with Gasteiger partial charge in [0.25, 0.3) is 0 Å². The zero-order chi connectivity index (χ0) is 9.84. The van der Waals surface area contributed by atoms with Gasteiger partial charge in [-0.1, -0.05) is 13.8 Å². The fraction of sp³-hybridized carbons (Fsp3) is 0.444. The third-order valence-corrected chi connectivity index (χ3v) is 2.31. The Kier molecular flexibility index (Phi) is 3.42. The summed E-state index contributed by atoms with van der Waals surface area (Å²) in [6, 6.07) is 1.75. The normalized spacial score (nSPS) is 10.5. The van der Waals surface area contributed by atoms with Crippen molar-refractivity contribution in [1.29, 1.82) is 0 Å². The molecule has 0 N–H and O–H groups in total. The number of ether oxygens (including phenoxy) is 1. The van der Waals surface area contributed by atoms with Gasteiger partial charge >= 0.3 is 5.97 Å². The molecule has 0 saturated heterocycles. The lowest BCUT2D eigenvalue weighted by atomic mass is 10.3. The molecule has 0 radical (unpaired) electrons. The number of nitrogens with zero attached hydrogens (tertiary/aromatic N) is 1. The highest BCUT2D eigenvalue weighted by molar-refractivity contribution is 7.98. The third-order valence-electron chi connectivity index (χ3n) is 1.42. The second-order valence-corrected chi connectivity index (χ2v) is 4.48. The molecular formula is C9H13NO2S. The Balaban J connectivity index is 2.69. The molecule has 4 heteroatoms. The molecule has 0 fully saturated rings. The zero-order valence-corrected chi connectivity index (χ0v) is 8.80. The summed E-state index contributed by atoms with van der Waals surface area (Å²) in [6.45, 7) is 4.20. The van der Waals surface area contributed by atoms with E-state index < -0.39 is 0 Å². The molecule has 13 heavy (non-hydrogen) atoms. The van der Waals surface area contributed by atoms with Crippen LogP contribution in [0.1, 0.15) is 24.2 Å². The summed E-state index contributed by atoms with van der Waals surface area (Å²) in [5, 5.41) is 0.498. The van der Waals surface area contributed by atoms with Crippen LogP contribution in [0.25, 0.3) is 0 Å². The minimum absolute atomic E-state index is 0.289. The van der Waals surface area contributed by atoms with Crippen LogP contribution in [0.2, 0.25) is 0 Å². The first-order valence-corrected chi connectivity index (χ1v) is 4.90. The summed E-state index contributed by atoms with van der Waals surface area (Å²) in [6.07, 6.45) is 3.63. The van der Waals surface area contributed by atoms with Crippen molar-refractivity contribution in [1.82, 2.24) is 3.97 Å². The van der Waals surface area contributed by atoms with Crippen LogP contribution in [0, 0.1) is 0 Å². The van der Waals surface area contributed by atoms with Crippen LogP contribution in [0.15, 0.2) is 18.5 Å². The predicted molar refractivity (Wildman–Crippen MR) is 53.9 cm³/mol. The Morgan fingerprint density at radius 1 is 1.62 bits per heavy atom. The van der Waals surface area contributed by atoms with Crippen LogP contribution in [-0.4, -0.2) is 22.3 Å². The van der Waals surface area contributed by atoms with Crippen molar-refractivity contribution < 1.29 is 9.53 Å². The summed E-state index contributed by atoms with van der Waals surface area (Å²) in [5.41, 5.74) is 0.593. The smallest absolute Gasteiger partial charge is 0.339 e. The number of carbonyl (C=O) groups excluding carboxylic acids is 1. The molecule has 0 saturated carbocycles. The van der Waals surface area contributed by atoms with E-state index in [0.717, 1.165) is 0 Å². The summed E-state index contributed by atoms with van der Waals surface area (Å²) in [5.74, 6) is -0.289. The number of aromatic nitrogens is 1. The Labute approximate surface area is 82.2 Å². The van der Waals surface area contributed by atoms with Crippen LogP contribution >= 0.6 is 11.9 Å². The average Bonchev–Trinajstić information content (AvgIpc) is 2.50. The van der Waals surface area contributed by atoms with E-state index in [9.17, 15) is 4.79 Å². The minimum atomic E-state index is -0.289. The number of esters is 1. The van der Waals surface area contributed by atoms with E-state index in [4.69, 9.17) is 0 Å². The molecule has 72 valence electrons. The van der Waals surface area contributed by atoms with Gasteiger partial charge in [-0.15, -0.1) is 0 Å². The molecule has 0 aliphatic heterocycles. The molecule has 1 rings (SSSR count). The third kappa shape index (κ3) is 2.81. The van der Waals surface area contributed by atoms with E-state index in [2.05, 4.69) is 18.6 Å². The van der Waals surface area contributed by atoms with Gasteiger partial charge in [0.05, 0.1) is 12.7 Å². The van der Waals surface area contributed by atoms with E-state index in [-0.39, 0.29) is 5.97 Å². The van der Waals surface area contributed by atoms with Crippen molar-refractivity contribution in [2.24, 2.45) is 0 Å². The maximum Gasteiger partial charge on any atom is 0.339 e. The lowest BCUT2D eigenvalue weighted by molar-refractivity contribution is 0.0601. The molecule has 1 aromatic heterocycles. The molecule has 1 aromatic rings. The van der Waals surface area contributed by atoms with Gasteiger partial charge < -0.3 is 4.74 Å². The second kappa shape index (κ2) is 4.37. The first-order chi connectivity index (χ1) is 6.13. The van der Waals surface area contributed by atoms with Crippen LogP contribution in [-0.2, 0) is 4.74 Å². The van der Waals surface area contributed by atoms with E-state index in [1.54, 1.807) is 24.2 Å². The number of methoxy groups -OCH3 is 1. The lowest BCUT2D eigenvalue weighted by Gasteiger charge is -2.03. The summed E-state index contributed by atoms with van der Waals surface area (Å²) >= 11 is 1.66. The van der Waals surface area contributed by atoms with Crippen LogP contribution in [0.5, 0.6) is 0 Å². The number of rotatable bonds is 3.